The minimum absolute atomic E-state index is 0.0438. The Kier molecular flexibility index (Phi) is 6.37. The highest BCUT2D eigenvalue weighted by atomic mass is 35.5. The number of carbonyl (C=O) groups is 2. The van der Waals surface area contributed by atoms with Crippen molar-refractivity contribution in [3.8, 4) is 5.75 Å². The van der Waals surface area contributed by atoms with Crippen LogP contribution in [0.2, 0.25) is 5.02 Å². The second-order valence-corrected chi connectivity index (χ2v) is 7.75. The topological polar surface area (TPSA) is 72.6 Å². The zero-order valence-electron chi connectivity index (χ0n) is 15.7. The predicted octanol–water partition coefficient (Wildman–Crippen LogP) is 3.80. The molecule has 0 aromatic heterocycles. The maximum atomic E-state index is 13.4. The van der Waals surface area contributed by atoms with E-state index in [1.54, 1.807) is 4.90 Å². The highest BCUT2D eigenvalue weighted by Crippen LogP contribution is 2.35. The van der Waals surface area contributed by atoms with Crippen LogP contribution in [0.15, 0.2) is 42.5 Å². The van der Waals surface area contributed by atoms with E-state index in [4.69, 9.17) is 22.1 Å². The summed E-state index contributed by atoms with van der Waals surface area (Å²) in [5.41, 5.74) is 5.06. The lowest BCUT2D eigenvalue weighted by Crippen LogP contribution is -2.50. The Morgan fingerprint density at radius 2 is 1.90 bits per heavy atom. The Balaban J connectivity index is 1.77. The lowest BCUT2D eigenvalue weighted by Gasteiger charge is -2.42. The third kappa shape index (κ3) is 5.23. The number of piperidine rings is 1. The number of nitrogens with zero attached hydrogens (tertiary/aromatic N) is 1. The van der Waals surface area contributed by atoms with E-state index in [0.29, 0.717) is 25.1 Å². The van der Waals surface area contributed by atoms with Gasteiger partial charge in [0.25, 0.3) is 5.91 Å². The van der Waals surface area contributed by atoms with Crippen LogP contribution in [-0.2, 0) is 4.79 Å². The average Bonchev–Trinajstić information content (AvgIpc) is 2.69. The molecule has 2 aromatic carbocycles. The van der Waals surface area contributed by atoms with Crippen molar-refractivity contribution in [3.05, 3.63) is 64.7 Å². The summed E-state index contributed by atoms with van der Waals surface area (Å²) in [6, 6.07) is 9.38. The Morgan fingerprint density at radius 3 is 2.55 bits per heavy atom. The number of carbonyl (C=O) groups excluding carboxylic acids is 2. The van der Waals surface area contributed by atoms with Crippen molar-refractivity contribution in [1.82, 2.24) is 4.90 Å². The number of likely N-dealkylation sites (tertiary alicyclic amines) is 1. The first-order chi connectivity index (χ1) is 13.8. The van der Waals surface area contributed by atoms with E-state index in [9.17, 15) is 18.4 Å². The molecular weight excluding hydrogens is 402 g/mol. The molecule has 0 saturated carbocycles. The Bertz CT molecular complexity index is 907. The Hall–Kier alpha value is -2.67. The van der Waals surface area contributed by atoms with E-state index < -0.39 is 17.1 Å². The van der Waals surface area contributed by atoms with Gasteiger partial charge in [-0.3, -0.25) is 9.59 Å². The van der Waals surface area contributed by atoms with Gasteiger partial charge in [-0.15, -0.1) is 0 Å². The molecule has 2 aromatic rings. The molecule has 1 aliphatic rings. The van der Waals surface area contributed by atoms with Crippen molar-refractivity contribution < 1.29 is 23.1 Å². The number of amides is 2. The molecular formula is C21H21ClF2N2O3. The van der Waals surface area contributed by atoms with E-state index >= 15 is 0 Å². The van der Waals surface area contributed by atoms with Crippen LogP contribution in [-0.4, -0.2) is 36.4 Å². The molecule has 0 aliphatic carbocycles. The summed E-state index contributed by atoms with van der Waals surface area (Å²) in [7, 11) is 0. The predicted molar refractivity (Wildman–Crippen MR) is 105 cm³/mol. The summed E-state index contributed by atoms with van der Waals surface area (Å²) in [6.07, 6.45) is 1.34. The van der Waals surface area contributed by atoms with Gasteiger partial charge in [-0.05, 0) is 55.3 Å². The minimum atomic E-state index is -0.669. The maximum absolute atomic E-state index is 13.4. The Morgan fingerprint density at radius 1 is 1.17 bits per heavy atom. The summed E-state index contributed by atoms with van der Waals surface area (Å²) >= 11 is 5.80. The number of hydrogen-bond donors (Lipinski definition) is 1. The van der Waals surface area contributed by atoms with Crippen LogP contribution in [0.5, 0.6) is 5.75 Å². The van der Waals surface area contributed by atoms with Crippen LogP contribution in [0, 0.1) is 17.0 Å². The first-order valence-corrected chi connectivity index (χ1v) is 9.57. The fourth-order valence-electron chi connectivity index (χ4n) is 3.64. The third-order valence-electron chi connectivity index (χ3n) is 5.02. The molecule has 1 aliphatic heterocycles. The first-order valence-electron chi connectivity index (χ1n) is 9.19. The van der Waals surface area contributed by atoms with Crippen LogP contribution in [0.3, 0.4) is 0 Å². The number of hydrogen-bond acceptors (Lipinski definition) is 3. The summed E-state index contributed by atoms with van der Waals surface area (Å²) in [4.78, 5) is 26.2. The smallest absolute Gasteiger partial charge is 0.253 e. The lowest BCUT2D eigenvalue weighted by atomic mass is 9.77. The highest BCUT2D eigenvalue weighted by Gasteiger charge is 2.39. The van der Waals surface area contributed by atoms with Crippen molar-refractivity contribution in [2.75, 3.05) is 19.7 Å². The largest absolute Gasteiger partial charge is 0.493 e. The van der Waals surface area contributed by atoms with E-state index in [1.165, 1.54) is 36.4 Å². The van der Waals surface area contributed by atoms with Crippen molar-refractivity contribution in [2.45, 2.75) is 19.3 Å². The molecule has 1 unspecified atom stereocenters. The average molecular weight is 423 g/mol. The van der Waals surface area contributed by atoms with Gasteiger partial charge in [0.15, 0.2) is 0 Å². The van der Waals surface area contributed by atoms with E-state index in [-0.39, 0.29) is 41.9 Å². The monoisotopic (exact) mass is 422 g/mol. The van der Waals surface area contributed by atoms with Crippen molar-refractivity contribution in [2.24, 2.45) is 11.1 Å². The van der Waals surface area contributed by atoms with Crippen LogP contribution in [0.4, 0.5) is 8.78 Å². The van der Waals surface area contributed by atoms with Gasteiger partial charge in [0.05, 0.1) is 11.6 Å². The molecule has 1 saturated heterocycles. The van der Waals surface area contributed by atoms with Gasteiger partial charge in [-0.25, -0.2) is 8.78 Å². The number of benzene rings is 2. The van der Waals surface area contributed by atoms with Crippen molar-refractivity contribution >= 4 is 23.4 Å². The normalized spacial score (nSPS) is 19.1. The molecule has 0 spiro atoms. The molecule has 5 nitrogen and oxygen atoms in total. The summed E-state index contributed by atoms with van der Waals surface area (Å²) in [5.74, 6) is -1.31. The molecule has 3 rings (SSSR count). The molecule has 154 valence electrons. The van der Waals surface area contributed by atoms with E-state index in [1.807, 2.05) is 0 Å². The van der Waals surface area contributed by atoms with Gasteiger partial charge in [0.1, 0.15) is 17.4 Å². The van der Waals surface area contributed by atoms with E-state index in [0.717, 1.165) is 6.07 Å². The number of primary amides is 1. The van der Waals surface area contributed by atoms with Crippen LogP contribution < -0.4 is 10.5 Å². The SMILES string of the molecule is NC(=O)CC1(COc2ccc(F)cc2)CCCN(C(=O)c2ccc(F)c(Cl)c2)C1. The Labute approximate surface area is 172 Å². The highest BCUT2D eigenvalue weighted by molar-refractivity contribution is 6.31. The second-order valence-electron chi connectivity index (χ2n) is 7.34. The number of rotatable bonds is 6. The van der Waals surface area contributed by atoms with Gasteiger partial charge in [-0.1, -0.05) is 11.6 Å². The molecule has 2 amide bonds. The van der Waals surface area contributed by atoms with Gasteiger partial charge in [-0.2, -0.15) is 0 Å². The quantitative estimate of drug-likeness (QED) is 0.769. The lowest BCUT2D eigenvalue weighted by molar-refractivity contribution is -0.122. The van der Waals surface area contributed by atoms with Gasteiger partial charge in [0, 0.05) is 30.5 Å². The molecule has 8 heteroatoms. The minimum Gasteiger partial charge on any atom is -0.493 e. The standard InChI is InChI=1S/C21H21ClF2N2O3/c22-17-10-14(2-7-18(17)24)20(28)26-9-1-8-21(12-26,11-19(25)27)13-29-16-5-3-15(23)4-6-16/h2-7,10H,1,8-9,11-13H2,(H2,25,27). The van der Waals surface area contributed by atoms with Crippen LogP contribution in [0.25, 0.3) is 0 Å². The third-order valence-corrected chi connectivity index (χ3v) is 5.31. The molecule has 1 heterocycles. The number of nitrogens with two attached hydrogens (primary N) is 1. The van der Waals surface area contributed by atoms with Crippen molar-refractivity contribution in [1.29, 1.82) is 0 Å². The summed E-state index contributed by atoms with van der Waals surface area (Å²) in [5, 5.41) is -0.129. The van der Waals surface area contributed by atoms with Crippen LogP contribution >= 0.6 is 11.6 Å². The van der Waals surface area contributed by atoms with Gasteiger partial charge >= 0.3 is 0 Å². The molecule has 2 N–H and O–H groups in total. The summed E-state index contributed by atoms with van der Waals surface area (Å²) < 4.78 is 32.3. The second kappa shape index (κ2) is 8.78. The molecule has 1 atom stereocenters. The zero-order chi connectivity index (χ0) is 21.0. The molecule has 1 fully saturated rings. The fourth-order valence-corrected chi connectivity index (χ4v) is 3.82. The van der Waals surface area contributed by atoms with Gasteiger partial charge < -0.3 is 15.4 Å². The van der Waals surface area contributed by atoms with Crippen LogP contribution in [0.1, 0.15) is 29.6 Å². The fraction of sp³-hybridized carbons (Fsp3) is 0.333. The molecule has 0 radical (unpaired) electrons. The number of ether oxygens (including phenoxy) is 1. The zero-order valence-corrected chi connectivity index (χ0v) is 16.4. The van der Waals surface area contributed by atoms with E-state index in [2.05, 4.69) is 0 Å². The van der Waals surface area contributed by atoms with Crippen molar-refractivity contribution in [3.63, 3.8) is 0 Å². The molecule has 29 heavy (non-hydrogen) atoms. The molecule has 0 bridgehead atoms. The maximum Gasteiger partial charge on any atom is 0.253 e. The van der Waals surface area contributed by atoms with Gasteiger partial charge in [0.2, 0.25) is 5.91 Å². The summed E-state index contributed by atoms with van der Waals surface area (Å²) in [6.45, 7) is 0.894. The first kappa shape index (κ1) is 21.0. The number of halogens is 3.